The molecule has 200 valence electrons. The molecule has 9 heteroatoms. The van der Waals surface area contributed by atoms with Crippen LogP contribution in [0, 0.1) is 13.8 Å². The molecule has 0 N–H and O–H groups in total. The Morgan fingerprint density at radius 2 is 1.68 bits per heavy atom. The molecule has 2 aromatic heterocycles. The second-order valence-corrected chi connectivity index (χ2v) is 10.5. The number of halogens is 1. The van der Waals surface area contributed by atoms with Gasteiger partial charge in [0.05, 0.1) is 12.2 Å². The summed E-state index contributed by atoms with van der Waals surface area (Å²) in [7, 11) is 3.99. The van der Waals surface area contributed by atoms with Gasteiger partial charge in [0.25, 0.3) is 5.91 Å². The fourth-order valence-corrected chi connectivity index (χ4v) is 4.55. The molecule has 0 aliphatic carbocycles. The molecule has 0 bridgehead atoms. The highest BCUT2D eigenvalue weighted by molar-refractivity contribution is 6.34. The van der Waals surface area contributed by atoms with Crippen molar-refractivity contribution in [3.05, 3.63) is 98.3 Å². The van der Waals surface area contributed by atoms with Crippen LogP contribution >= 0.6 is 11.6 Å². The molecule has 4 aromatic rings. The van der Waals surface area contributed by atoms with Gasteiger partial charge in [-0.05, 0) is 52.1 Å². The zero-order valence-corrected chi connectivity index (χ0v) is 23.4. The number of amides is 1. The summed E-state index contributed by atoms with van der Waals surface area (Å²) in [6.07, 6.45) is 0.632. The molecule has 0 aliphatic rings. The third kappa shape index (κ3) is 6.14. The summed E-state index contributed by atoms with van der Waals surface area (Å²) < 4.78 is 2.95. The number of fused-ring (bicyclic) bond motifs is 1. The first-order valence-electron chi connectivity index (χ1n) is 12.9. The molecule has 1 unspecified atom stereocenters. The normalized spacial score (nSPS) is 12.3. The molecule has 1 atom stereocenters. The summed E-state index contributed by atoms with van der Waals surface area (Å²) >= 11 is 6.47. The first-order valence-corrected chi connectivity index (χ1v) is 13.2. The lowest BCUT2D eigenvalue weighted by atomic mass is 10.1. The van der Waals surface area contributed by atoms with E-state index in [1.54, 1.807) is 11.5 Å². The summed E-state index contributed by atoms with van der Waals surface area (Å²) in [6, 6.07) is 17.5. The standard InChI is InChI=1S/C29H35ClN6O2/c1-20-11-13-24(14-12-20)28(37)34(18-17-33(4)5)16-15-21(2)26-31-27-25(30)22(3)32-36(27)29(38)35(26)19-23-9-7-6-8-10-23/h6-14,21H,15-19H2,1-5H3. The Balaban J connectivity index is 1.65. The highest BCUT2D eigenvalue weighted by Gasteiger charge is 2.23. The number of hydrogen-bond donors (Lipinski definition) is 0. The smallest absolute Gasteiger partial charge is 0.337 e. The van der Waals surface area contributed by atoms with Gasteiger partial charge in [-0.1, -0.05) is 66.6 Å². The van der Waals surface area contributed by atoms with Gasteiger partial charge in [0.2, 0.25) is 0 Å². The average Bonchev–Trinajstić information content (AvgIpc) is 3.19. The lowest BCUT2D eigenvalue weighted by Crippen LogP contribution is -2.38. The molecule has 0 saturated carbocycles. The van der Waals surface area contributed by atoms with Crippen molar-refractivity contribution in [1.29, 1.82) is 0 Å². The Kier molecular flexibility index (Phi) is 8.64. The summed E-state index contributed by atoms with van der Waals surface area (Å²) in [5.41, 5.74) is 3.41. The van der Waals surface area contributed by atoms with E-state index in [0.29, 0.717) is 53.8 Å². The zero-order valence-electron chi connectivity index (χ0n) is 22.7. The monoisotopic (exact) mass is 534 g/mol. The van der Waals surface area contributed by atoms with Crippen LogP contribution in [0.5, 0.6) is 0 Å². The minimum atomic E-state index is -0.282. The van der Waals surface area contributed by atoms with Gasteiger partial charge in [0.15, 0.2) is 5.65 Å². The maximum Gasteiger partial charge on any atom is 0.352 e. The van der Waals surface area contributed by atoms with Crippen molar-refractivity contribution >= 4 is 23.2 Å². The van der Waals surface area contributed by atoms with Crippen molar-refractivity contribution in [2.45, 2.75) is 39.7 Å². The molecule has 38 heavy (non-hydrogen) atoms. The van der Waals surface area contributed by atoms with E-state index in [4.69, 9.17) is 16.6 Å². The second-order valence-electron chi connectivity index (χ2n) is 10.1. The molecule has 8 nitrogen and oxygen atoms in total. The first kappa shape index (κ1) is 27.5. The van der Waals surface area contributed by atoms with Gasteiger partial charge >= 0.3 is 5.69 Å². The van der Waals surface area contributed by atoms with Crippen LogP contribution in [0.4, 0.5) is 0 Å². The third-order valence-corrected chi connectivity index (χ3v) is 7.18. The summed E-state index contributed by atoms with van der Waals surface area (Å²) in [6.45, 7) is 8.05. The van der Waals surface area contributed by atoms with E-state index in [-0.39, 0.29) is 17.5 Å². The van der Waals surface area contributed by atoms with Crippen molar-refractivity contribution in [2.24, 2.45) is 0 Å². The highest BCUT2D eigenvalue weighted by atomic mass is 35.5. The molecule has 1 amide bonds. The fraction of sp³-hybridized carbons (Fsp3) is 0.379. The van der Waals surface area contributed by atoms with Crippen molar-refractivity contribution in [3.63, 3.8) is 0 Å². The van der Waals surface area contributed by atoms with E-state index in [2.05, 4.69) is 10.00 Å². The lowest BCUT2D eigenvalue weighted by molar-refractivity contribution is 0.0739. The van der Waals surface area contributed by atoms with Crippen molar-refractivity contribution in [2.75, 3.05) is 33.7 Å². The molecule has 0 fully saturated rings. The van der Waals surface area contributed by atoms with Gasteiger partial charge in [-0.25, -0.2) is 9.78 Å². The molecule has 2 aromatic carbocycles. The van der Waals surface area contributed by atoms with Crippen LogP contribution in [-0.4, -0.2) is 68.6 Å². The second kappa shape index (κ2) is 11.9. The molecule has 0 radical (unpaired) electrons. The SMILES string of the molecule is Cc1ccc(C(=O)N(CCC(C)c2nc3c(Cl)c(C)nn3c(=O)n2Cc2ccccc2)CCN(C)C)cc1. The van der Waals surface area contributed by atoms with Crippen molar-refractivity contribution < 1.29 is 4.79 Å². The Morgan fingerprint density at radius 3 is 2.34 bits per heavy atom. The van der Waals surface area contributed by atoms with Gasteiger partial charge in [-0.3, -0.25) is 9.36 Å². The van der Waals surface area contributed by atoms with Crippen LogP contribution in [0.15, 0.2) is 59.4 Å². The first-order chi connectivity index (χ1) is 18.2. The maximum absolute atomic E-state index is 13.6. The van der Waals surface area contributed by atoms with Crippen LogP contribution in [0.2, 0.25) is 5.02 Å². The molecule has 0 saturated heterocycles. The van der Waals surface area contributed by atoms with Gasteiger partial charge in [0.1, 0.15) is 10.8 Å². The van der Waals surface area contributed by atoms with E-state index in [1.165, 1.54) is 4.52 Å². The van der Waals surface area contributed by atoms with Crippen LogP contribution < -0.4 is 5.69 Å². The number of carbonyl (C=O) groups excluding carboxylic acids is 1. The Morgan fingerprint density at radius 1 is 1.00 bits per heavy atom. The fourth-order valence-electron chi connectivity index (χ4n) is 4.39. The minimum absolute atomic E-state index is 0.00130. The number of aromatic nitrogens is 4. The maximum atomic E-state index is 13.6. The van der Waals surface area contributed by atoms with E-state index < -0.39 is 0 Å². The van der Waals surface area contributed by atoms with Gasteiger partial charge in [-0.15, -0.1) is 0 Å². The van der Waals surface area contributed by atoms with E-state index in [1.807, 2.05) is 87.4 Å². The van der Waals surface area contributed by atoms with E-state index in [0.717, 1.165) is 17.7 Å². The number of benzene rings is 2. The number of likely N-dealkylation sites (N-methyl/N-ethyl adjacent to an activating group) is 1. The quantitative estimate of drug-likeness (QED) is 0.301. The van der Waals surface area contributed by atoms with Crippen LogP contribution in [0.1, 0.15) is 52.3 Å². The number of rotatable bonds is 10. The van der Waals surface area contributed by atoms with E-state index in [9.17, 15) is 9.59 Å². The Hall–Kier alpha value is -3.49. The molecule has 0 spiro atoms. The number of hydrogen-bond acceptors (Lipinski definition) is 5. The highest BCUT2D eigenvalue weighted by Crippen LogP contribution is 2.23. The number of aryl methyl sites for hydroxylation is 2. The average molecular weight is 535 g/mol. The number of nitrogens with zero attached hydrogens (tertiary/aromatic N) is 6. The predicted octanol–water partition coefficient (Wildman–Crippen LogP) is 4.41. The summed E-state index contributed by atoms with van der Waals surface area (Å²) in [5, 5.41) is 4.70. The molecule has 2 heterocycles. The minimum Gasteiger partial charge on any atom is -0.337 e. The number of carbonyl (C=O) groups is 1. The molecular formula is C29H35ClN6O2. The molecular weight excluding hydrogens is 500 g/mol. The Bertz CT molecular complexity index is 1460. The largest absolute Gasteiger partial charge is 0.352 e. The van der Waals surface area contributed by atoms with E-state index >= 15 is 0 Å². The van der Waals surface area contributed by atoms with Crippen molar-refractivity contribution in [1.82, 2.24) is 29.0 Å². The third-order valence-electron chi connectivity index (χ3n) is 6.73. The molecule has 4 rings (SSSR count). The van der Waals surface area contributed by atoms with Gasteiger partial charge in [0, 0.05) is 31.1 Å². The van der Waals surface area contributed by atoms with Gasteiger partial charge in [-0.2, -0.15) is 9.61 Å². The van der Waals surface area contributed by atoms with Crippen LogP contribution in [0.25, 0.3) is 5.65 Å². The topological polar surface area (TPSA) is 75.7 Å². The van der Waals surface area contributed by atoms with Crippen LogP contribution in [-0.2, 0) is 6.54 Å². The molecule has 0 aliphatic heterocycles. The lowest BCUT2D eigenvalue weighted by Gasteiger charge is -2.26. The Labute approximate surface area is 228 Å². The van der Waals surface area contributed by atoms with Crippen molar-refractivity contribution in [3.8, 4) is 0 Å². The predicted molar refractivity (Wildman–Crippen MR) is 151 cm³/mol. The summed E-state index contributed by atoms with van der Waals surface area (Å²) in [4.78, 5) is 35.8. The zero-order chi connectivity index (χ0) is 27.4. The van der Waals surface area contributed by atoms with Crippen LogP contribution in [0.3, 0.4) is 0 Å². The van der Waals surface area contributed by atoms with Gasteiger partial charge < -0.3 is 9.80 Å². The summed E-state index contributed by atoms with van der Waals surface area (Å²) in [5.74, 6) is 0.512.